The van der Waals surface area contributed by atoms with E-state index in [1.807, 2.05) is 19.2 Å². The molecule has 22 heavy (non-hydrogen) atoms. The van der Waals surface area contributed by atoms with Crippen LogP contribution in [0.3, 0.4) is 0 Å². The average molecular weight is 318 g/mol. The number of aryl methyl sites for hydroxylation is 2. The molecule has 2 aromatic heterocycles. The van der Waals surface area contributed by atoms with Crippen molar-refractivity contribution in [2.75, 3.05) is 4.72 Å². The highest BCUT2D eigenvalue weighted by Crippen LogP contribution is 2.17. The standard InChI is InChI=1S/C14H14N4O3S/c1-10-7-8-18(15-10)12-3-5-13(6-4-12)22(19,20)17-14-9-11(2)21-16-14/h3-9H,1-2H3,(H,16,17). The summed E-state index contributed by atoms with van der Waals surface area (Å²) in [4.78, 5) is 0.140. The van der Waals surface area contributed by atoms with Crippen molar-refractivity contribution in [3.63, 3.8) is 0 Å². The van der Waals surface area contributed by atoms with E-state index in [9.17, 15) is 8.42 Å². The molecule has 0 aliphatic rings. The second-order valence-corrected chi connectivity index (χ2v) is 6.51. The van der Waals surface area contributed by atoms with E-state index in [4.69, 9.17) is 4.52 Å². The van der Waals surface area contributed by atoms with E-state index < -0.39 is 10.0 Å². The van der Waals surface area contributed by atoms with Crippen LogP contribution in [0, 0.1) is 13.8 Å². The van der Waals surface area contributed by atoms with Crippen LogP contribution in [0.5, 0.6) is 0 Å². The SMILES string of the molecule is Cc1ccn(-c2ccc(S(=O)(=O)Nc3cc(C)on3)cc2)n1. The molecule has 0 radical (unpaired) electrons. The predicted octanol–water partition coefficient (Wildman–Crippen LogP) is 2.28. The van der Waals surface area contributed by atoms with Crippen LogP contribution in [0.25, 0.3) is 5.69 Å². The molecule has 0 amide bonds. The average Bonchev–Trinajstić information content (AvgIpc) is 3.07. The first-order chi connectivity index (χ1) is 10.4. The molecule has 114 valence electrons. The van der Waals surface area contributed by atoms with Gasteiger partial charge >= 0.3 is 0 Å². The zero-order valence-corrected chi connectivity index (χ0v) is 12.8. The van der Waals surface area contributed by atoms with Gasteiger partial charge in [-0.15, -0.1) is 0 Å². The van der Waals surface area contributed by atoms with Gasteiger partial charge in [-0.05, 0) is 44.2 Å². The van der Waals surface area contributed by atoms with Crippen LogP contribution in [0.2, 0.25) is 0 Å². The molecule has 0 atom stereocenters. The second kappa shape index (κ2) is 5.30. The maximum atomic E-state index is 12.2. The molecule has 0 saturated heterocycles. The number of nitrogens with zero attached hydrogens (tertiary/aromatic N) is 3. The summed E-state index contributed by atoms with van der Waals surface area (Å²) < 4.78 is 33.4. The Balaban J connectivity index is 1.85. The molecule has 1 aromatic carbocycles. The molecule has 1 N–H and O–H groups in total. The van der Waals surface area contributed by atoms with Gasteiger partial charge in [0.25, 0.3) is 10.0 Å². The summed E-state index contributed by atoms with van der Waals surface area (Å²) in [6.07, 6.45) is 1.81. The molecule has 2 heterocycles. The Kier molecular flexibility index (Phi) is 3.45. The van der Waals surface area contributed by atoms with E-state index in [2.05, 4.69) is 15.0 Å². The minimum absolute atomic E-state index is 0.140. The van der Waals surface area contributed by atoms with Crippen LogP contribution < -0.4 is 4.72 Å². The summed E-state index contributed by atoms with van der Waals surface area (Å²) in [6.45, 7) is 3.57. The third kappa shape index (κ3) is 2.86. The van der Waals surface area contributed by atoms with Crippen molar-refractivity contribution < 1.29 is 12.9 Å². The molecule has 0 saturated carbocycles. The number of benzene rings is 1. The molecule has 8 heteroatoms. The van der Waals surface area contributed by atoms with Crippen molar-refractivity contribution in [3.8, 4) is 5.69 Å². The van der Waals surface area contributed by atoms with E-state index in [-0.39, 0.29) is 10.7 Å². The van der Waals surface area contributed by atoms with Crippen molar-refractivity contribution in [3.05, 3.63) is 54.0 Å². The fourth-order valence-electron chi connectivity index (χ4n) is 1.95. The van der Waals surface area contributed by atoms with Gasteiger partial charge in [0.15, 0.2) is 5.82 Å². The first kappa shape index (κ1) is 14.3. The van der Waals surface area contributed by atoms with Gasteiger partial charge in [0.2, 0.25) is 0 Å². The quantitative estimate of drug-likeness (QED) is 0.797. The first-order valence-corrected chi connectivity index (χ1v) is 8.01. The lowest BCUT2D eigenvalue weighted by molar-refractivity contribution is 0.400. The fraction of sp³-hybridized carbons (Fsp3) is 0.143. The Labute approximate surface area is 127 Å². The first-order valence-electron chi connectivity index (χ1n) is 6.53. The molecule has 0 aliphatic carbocycles. The smallest absolute Gasteiger partial charge is 0.263 e. The molecule has 3 rings (SSSR count). The van der Waals surface area contributed by atoms with E-state index in [1.54, 1.807) is 23.7 Å². The summed E-state index contributed by atoms with van der Waals surface area (Å²) in [5.41, 5.74) is 1.67. The summed E-state index contributed by atoms with van der Waals surface area (Å²) in [5, 5.41) is 7.89. The third-order valence-electron chi connectivity index (χ3n) is 3.00. The maximum Gasteiger partial charge on any atom is 0.263 e. The lowest BCUT2D eigenvalue weighted by Crippen LogP contribution is -2.13. The van der Waals surface area contributed by atoms with Gasteiger partial charge in [0.05, 0.1) is 16.3 Å². The van der Waals surface area contributed by atoms with Crippen LogP contribution >= 0.6 is 0 Å². The predicted molar refractivity (Wildman–Crippen MR) is 80.3 cm³/mol. The van der Waals surface area contributed by atoms with Crippen LogP contribution in [-0.2, 0) is 10.0 Å². The molecule has 3 aromatic rings. The Morgan fingerprint density at radius 2 is 1.86 bits per heavy atom. The van der Waals surface area contributed by atoms with E-state index in [1.165, 1.54) is 18.2 Å². The summed E-state index contributed by atoms with van der Waals surface area (Å²) >= 11 is 0. The van der Waals surface area contributed by atoms with Crippen molar-refractivity contribution in [1.29, 1.82) is 0 Å². The highest BCUT2D eigenvalue weighted by molar-refractivity contribution is 7.92. The van der Waals surface area contributed by atoms with E-state index in [0.29, 0.717) is 5.76 Å². The van der Waals surface area contributed by atoms with Crippen molar-refractivity contribution in [1.82, 2.24) is 14.9 Å². The zero-order chi connectivity index (χ0) is 15.7. The van der Waals surface area contributed by atoms with E-state index in [0.717, 1.165) is 11.4 Å². The molecule has 7 nitrogen and oxygen atoms in total. The number of nitrogens with one attached hydrogen (secondary N) is 1. The Hall–Kier alpha value is -2.61. The van der Waals surface area contributed by atoms with Gasteiger partial charge in [-0.2, -0.15) is 5.10 Å². The molecule has 0 unspecified atom stereocenters. The normalized spacial score (nSPS) is 11.5. The largest absolute Gasteiger partial charge is 0.360 e. The number of rotatable bonds is 4. The summed E-state index contributed by atoms with van der Waals surface area (Å²) in [7, 11) is -3.70. The van der Waals surface area contributed by atoms with Crippen LogP contribution in [0.1, 0.15) is 11.5 Å². The molecule has 0 spiro atoms. The molecule has 0 fully saturated rings. The van der Waals surface area contributed by atoms with Crippen LogP contribution in [-0.4, -0.2) is 23.4 Å². The van der Waals surface area contributed by atoms with Gasteiger partial charge in [-0.1, -0.05) is 5.16 Å². The lowest BCUT2D eigenvalue weighted by atomic mass is 10.3. The Bertz CT molecular complexity index is 894. The Morgan fingerprint density at radius 3 is 2.41 bits per heavy atom. The highest BCUT2D eigenvalue weighted by atomic mass is 32.2. The zero-order valence-electron chi connectivity index (χ0n) is 12.0. The summed E-state index contributed by atoms with van der Waals surface area (Å²) in [6, 6.07) is 9.80. The Morgan fingerprint density at radius 1 is 1.14 bits per heavy atom. The molecule has 0 bridgehead atoms. The van der Waals surface area contributed by atoms with Crippen molar-refractivity contribution in [2.45, 2.75) is 18.7 Å². The van der Waals surface area contributed by atoms with Crippen LogP contribution in [0.15, 0.2) is 52.0 Å². The monoisotopic (exact) mass is 318 g/mol. The third-order valence-corrected chi connectivity index (χ3v) is 4.37. The van der Waals surface area contributed by atoms with Crippen molar-refractivity contribution in [2.24, 2.45) is 0 Å². The van der Waals surface area contributed by atoms with Crippen LogP contribution in [0.4, 0.5) is 5.82 Å². The maximum absolute atomic E-state index is 12.2. The van der Waals surface area contributed by atoms with Crippen molar-refractivity contribution >= 4 is 15.8 Å². The van der Waals surface area contributed by atoms with Gasteiger partial charge < -0.3 is 4.52 Å². The molecular formula is C14H14N4O3S. The number of anilines is 1. The molecule has 0 aliphatic heterocycles. The molecular weight excluding hydrogens is 304 g/mol. The second-order valence-electron chi connectivity index (χ2n) is 4.82. The van der Waals surface area contributed by atoms with E-state index >= 15 is 0 Å². The lowest BCUT2D eigenvalue weighted by Gasteiger charge is -2.06. The minimum atomic E-state index is -3.70. The minimum Gasteiger partial charge on any atom is -0.360 e. The van der Waals surface area contributed by atoms with Gasteiger partial charge in [-0.3, -0.25) is 4.72 Å². The topological polar surface area (TPSA) is 90.0 Å². The van der Waals surface area contributed by atoms with Gasteiger partial charge in [0, 0.05) is 12.3 Å². The van der Waals surface area contributed by atoms with Gasteiger partial charge in [0.1, 0.15) is 5.76 Å². The number of hydrogen-bond acceptors (Lipinski definition) is 5. The highest BCUT2D eigenvalue weighted by Gasteiger charge is 2.16. The number of sulfonamides is 1. The summed E-state index contributed by atoms with van der Waals surface area (Å²) in [5.74, 6) is 0.686. The fourth-order valence-corrected chi connectivity index (χ4v) is 2.93. The number of aromatic nitrogens is 3. The van der Waals surface area contributed by atoms with Gasteiger partial charge in [-0.25, -0.2) is 13.1 Å². The number of hydrogen-bond donors (Lipinski definition) is 1.